The van der Waals surface area contributed by atoms with E-state index in [1.54, 1.807) is 6.92 Å². The number of rotatable bonds is 2. The summed E-state index contributed by atoms with van der Waals surface area (Å²) in [6.45, 7) is 8.70. The van der Waals surface area contributed by atoms with Gasteiger partial charge in [0, 0.05) is 22.8 Å². The third-order valence-electron chi connectivity index (χ3n) is 9.80. The van der Waals surface area contributed by atoms with Crippen LogP contribution in [0.25, 0.3) is 0 Å². The van der Waals surface area contributed by atoms with Crippen molar-refractivity contribution in [1.82, 2.24) is 0 Å². The van der Waals surface area contributed by atoms with Crippen molar-refractivity contribution in [2.24, 2.45) is 40.4 Å². The number of esters is 1. The Morgan fingerprint density at radius 1 is 1.22 bits per heavy atom. The summed E-state index contributed by atoms with van der Waals surface area (Å²) in [5.74, 6) is 3.41. The smallest absolute Gasteiger partial charge is 0.303 e. The first kappa shape index (κ1) is 18.3. The fraction of sp³-hybridized carbons (Fsp3) is 0.792. The van der Waals surface area contributed by atoms with Crippen molar-refractivity contribution in [3.63, 3.8) is 0 Å². The summed E-state index contributed by atoms with van der Waals surface area (Å²) in [4.78, 5) is 11.9. The molecule has 5 aliphatic carbocycles. The van der Waals surface area contributed by atoms with Gasteiger partial charge in [-0.15, -0.1) is 0 Å². The maximum atomic E-state index is 11.9. The first-order valence-electron chi connectivity index (χ1n) is 11.0. The van der Waals surface area contributed by atoms with Crippen molar-refractivity contribution in [3.05, 3.63) is 22.8 Å². The fourth-order valence-corrected chi connectivity index (χ4v) is 8.76. The largest absolute Gasteiger partial charge is 0.459 e. The lowest BCUT2D eigenvalue weighted by atomic mass is 9.47. The highest BCUT2D eigenvalue weighted by Gasteiger charge is 2.67. The van der Waals surface area contributed by atoms with Crippen molar-refractivity contribution in [3.8, 4) is 0 Å². The summed E-state index contributed by atoms with van der Waals surface area (Å²) in [7, 11) is 0. The molecule has 0 aliphatic heterocycles. The lowest BCUT2D eigenvalue weighted by Crippen LogP contribution is -2.55. The van der Waals surface area contributed by atoms with Crippen molar-refractivity contribution in [2.45, 2.75) is 78.2 Å². The van der Waals surface area contributed by atoms with Gasteiger partial charge >= 0.3 is 5.97 Å². The Bertz CT molecular complexity index is 753. The average molecular weight is 389 g/mol. The molecule has 0 heterocycles. The minimum absolute atomic E-state index is 0.0669. The van der Waals surface area contributed by atoms with E-state index < -0.39 is 0 Å². The van der Waals surface area contributed by atoms with Gasteiger partial charge in [0.1, 0.15) is 5.60 Å². The lowest BCUT2D eigenvalue weighted by molar-refractivity contribution is -0.180. The van der Waals surface area contributed by atoms with E-state index in [4.69, 9.17) is 16.3 Å². The molecule has 0 bridgehead atoms. The van der Waals surface area contributed by atoms with E-state index in [1.165, 1.54) is 31.3 Å². The average Bonchev–Trinajstić information content (AvgIpc) is 3.35. The third kappa shape index (κ3) is 2.17. The molecule has 0 aromatic heterocycles. The van der Waals surface area contributed by atoms with Crippen LogP contribution in [0.4, 0.5) is 0 Å². The number of carbonyl (C=O) groups excluding carboxylic acids is 1. The molecule has 8 atom stereocenters. The van der Waals surface area contributed by atoms with Crippen LogP contribution in [0.15, 0.2) is 22.8 Å². The molecule has 3 saturated carbocycles. The van der Waals surface area contributed by atoms with Crippen LogP contribution in [-0.2, 0) is 9.53 Å². The Morgan fingerprint density at radius 3 is 2.67 bits per heavy atom. The molecule has 0 aromatic rings. The number of carbonyl (C=O) groups is 1. The Kier molecular flexibility index (Phi) is 3.82. The predicted octanol–water partition coefficient (Wildman–Crippen LogP) is 6.25. The van der Waals surface area contributed by atoms with Gasteiger partial charge in [0.15, 0.2) is 0 Å². The molecule has 0 saturated heterocycles. The number of hydrogen-bond donors (Lipinski definition) is 0. The molecule has 2 nitrogen and oxygen atoms in total. The van der Waals surface area contributed by atoms with E-state index in [-0.39, 0.29) is 22.4 Å². The quantitative estimate of drug-likeness (QED) is 0.522. The van der Waals surface area contributed by atoms with Crippen LogP contribution in [0, 0.1) is 40.4 Å². The molecule has 0 aromatic carbocycles. The van der Waals surface area contributed by atoms with E-state index >= 15 is 0 Å². The molecule has 3 fully saturated rings. The zero-order valence-corrected chi connectivity index (χ0v) is 17.9. The topological polar surface area (TPSA) is 26.3 Å². The molecule has 5 rings (SSSR count). The van der Waals surface area contributed by atoms with Crippen LogP contribution < -0.4 is 0 Å². The molecule has 0 spiro atoms. The van der Waals surface area contributed by atoms with Crippen molar-refractivity contribution in [1.29, 1.82) is 0 Å². The highest BCUT2D eigenvalue weighted by Crippen LogP contribution is 2.73. The van der Waals surface area contributed by atoms with Crippen molar-refractivity contribution >= 4 is 17.6 Å². The highest BCUT2D eigenvalue weighted by molar-refractivity contribution is 6.32. The zero-order chi connectivity index (χ0) is 19.2. The third-order valence-corrected chi connectivity index (χ3v) is 10.1. The predicted molar refractivity (Wildman–Crippen MR) is 108 cm³/mol. The van der Waals surface area contributed by atoms with Crippen LogP contribution in [-0.4, -0.2) is 11.6 Å². The van der Waals surface area contributed by atoms with E-state index in [0.717, 1.165) is 36.1 Å². The number of fused-ring (bicyclic) bond motifs is 7. The lowest BCUT2D eigenvalue weighted by Gasteiger charge is -2.58. The van der Waals surface area contributed by atoms with Crippen LogP contribution >= 0.6 is 11.6 Å². The minimum atomic E-state index is -0.291. The molecule has 148 valence electrons. The number of hydrogen-bond acceptors (Lipinski definition) is 2. The van der Waals surface area contributed by atoms with E-state index in [2.05, 4.69) is 32.9 Å². The van der Waals surface area contributed by atoms with Crippen molar-refractivity contribution < 1.29 is 9.53 Å². The Morgan fingerprint density at radius 2 is 1.96 bits per heavy atom. The summed E-state index contributed by atoms with van der Waals surface area (Å²) < 4.78 is 6.08. The normalized spacial score (nSPS) is 52.6. The standard InChI is InChI=1S/C24H33ClO2/c1-5-24(27-14(2)26)11-9-17-16-13-21(25)19-7-6-15-12-20(15)23(19,4)18(16)8-10-22(17,24)3/h7,13,15-18,20H,5-6,8-12H2,1-4H3/t15-,16+,17+,18+,20+,22+,23-,24-/m1/s1. The molecular weight excluding hydrogens is 356 g/mol. The van der Waals surface area contributed by atoms with Gasteiger partial charge < -0.3 is 4.74 Å². The first-order chi connectivity index (χ1) is 12.8. The number of ether oxygens (including phenoxy) is 1. The molecule has 0 N–H and O–H groups in total. The summed E-state index contributed by atoms with van der Waals surface area (Å²) in [5, 5.41) is 1.02. The molecule has 27 heavy (non-hydrogen) atoms. The SMILES string of the molecule is CC[C@@]1(OC(C)=O)CC[C@H]2[C@@H]3C=C(Cl)C4=CC[C@@H]5C[C@@H]5[C@]4(C)[C@H]3CC[C@@]21C. The molecule has 5 aliphatic rings. The van der Waals surface area contributed by atoms with Gasteiger partial charge in [0.2, 0.25) is 0 Å². The zero-order valence-electron chi connectivity index (χ0n) is 17.2. The van der Waals surface area contributed by atoms with Crippen molar-refractivity contribution in [2.75, 3.05) is 0 Å². The van der Waals surface area contributed by atoms with Gasteiger partial charge in [0.05, 0.1) is 0 Å². The second-order valence-electron chi connectivity index (χ2n) is 10.5. The van der Waals surface area contributed by atoms with E-state index in [1.807, 2.05) is 0 Å². The molecule has 3 heteroatoms. The summed E-state index contributed by atoms with van der Waals surface area (Å²) in [6, 6.07) is 0. The van der Waals surface area contributed by atoms with Gasteiger partial charge in [-0.1, -0.05) is 44.5 Å². The monoisotopic (exact) mass is 388 g/mol. The summed E-state index contributed by atoms with van der Waals surface area (Å²) in [6.07, 6.45) is 13.0. The number of halogens is 1. The van der Waals surface area contributed by atoms with Gasteiger partial charge in [-0.2, -0.15) is 0 Å². The molecular formula is C24H33ClO2. The Labute approximate surface area is 168 Å². The maximum absolute atomic E-state index is 11.9. The van der Waals surface area contributed by atoms with Crippen LogP contribution in [0.5, 0.6) is 0 Å². The summed E-state index contributed by atoms with van der Waals surface area (Å²) >= 11 is 6.92. The molecule has 0 unspecified atom stereocenters. The van der Waals surface area contributed by atoms with Gasteiger partial charge in [-0.05, 0) is 80.1 Å². The van der Waals surface area contributed by atoms with E-state index in [0.29, 0.717) is 17.8 Å². The van der Waals surface area contributed by atoms with E-state index in [9.17, 15) is 4.79 Å². The van der Waals surface area contributed by atoms with Crippen LogP contribution in [0.2, 0.25) is 0 Å². The number of allylic oxidation sites excluding steroid dienone is 4. The molecule has 0 radical (unpaired) electrons. The van der Waals surface area contributed by atoms with Crippen LogP contribution in [0.3, 0.4) is 0 Å². The second kappa shape index (κ2) is 5.65. The highest BCUT2D eigenvalue weighted by atomic mass is 35.5. The second-order valence-corrected chi connectivity index (χ2v) is 10.9. The first-order valence-corrected chi connectivity index (χ1v) is 11.4. The van der Waals surface area contributed by atoms with Gasteiger partial charge in [-0.25, -0.2) is 0 Å². The van der Waals surface area contributed by atoms with Gasteiger partial charge in [0.25, 0.3) is 0 Å². The van der Waals surface area contributed by atoms with Gasteiger partial charge in [-0.3, -0.25) is 4.79 Å². The Balaban J connectivity index is 1.56. The van der Waals surface area contributed by atoms with Crippen LogP contribution in [0.1, 0.15) is 72.6 Å². The fourth-order valence-electron chi connectivity index (χ4n) is 8.34. The molecule has 0 amide bonds. The summed E-state index contributed by atoms with van der Waals surface area (Å²) in [5.41, 5.74) is 1.49. The Hall–Kier alpha value is -0.760. The maximum Gasteiger partial charge on any atom is 0.303 e. The minimum Gasteiger partial charge on any atom is -0.459 e.